The molecule has 1 aromatic rings. The van der Waals surface area contributed by atoms with Crippen LogP contribution in [0.15, 0.2) is 12.5 Å². The highest BCUT2D eigenvalue weighted by Gasteiger charge is 2.26. The lowest BCUT2D eigenvalue weighted by Crippen LogP contribution is -2.50. The Balaban J connectivity index is 1.75. The van der Waals surface area contributed by atoms with Gasteiger partial charge >= 0.3 is 12.0 Å². The maximum Gasteiger partial charge on any atom is 0.356 e. The maximum absolute atomic E-state index is 11.9. The van der Waals surface area contributed by atoms with E-state index in [9.17, 15) is 14.7 Å². The van der Waals surface area contributed by atoms with Gasteiger partial charge in [0.25, 0.3) is 0 Å². The number of nitrogens with zero attached hydrogens (tertiary/aromatic N) is 3. The molecular weight excluding hydrogens is 276 g/mol. The van der Waals surface area contributed by atoms with Gasteiger partial charge in [-0.25, -0.2) is 14.6 Å². The number of imidazole rings is 1. The molecule has 2 amide bonds. The van der Waals surface area contributed by atoms with Crippen molar-refractivity contribution in [3.05, 3.63) is 18.2 Å². The third-order valence-corrected chi connectivity index (χ3v) is 3.70. The summed E-state index contributed by atoms with van der Waals surface area (Å²) >= 11 is 0. The number of piperidine rings is 1. The fraction of sp³-hybridized carbons (Fsp3) is 0.615. The van der Waals surface area contributed by atoms with E-state index in [2.05, 4.69) is 10.3 Å². The number of rotatable bonds is 4. The second kappa shape index (κ2) is 6.57. The van der Waals surface area contributed by atoms with Gasteiger partial charge in [0, 0.05) is 32.4 Å². The number of aromatic nitrogens is 2. The fourth-order valence-electron chi connectivity index (χ4n) is 2.23. The number of hydrogen-bond donors (Lipinski definition) is 3. The second-order valence-corrected chi connectivity index (χ2v) is 5.31. The molecule has 1 aliphatic rings. The van der Waals surface area contributed by atoms with E-state index in [1.165, 1.54) is 12.5 Å². The molecule has 2 heterocycles. The van der Waals surface area contributed by atoms with E-state index >= 15 is 0 Å². The molecule has 3 N–H and O–H groups in total. The molecule has 8 heteroatoms. The second-order valence-electron chi connectivity index (χ2n) is 5.31. The van der Waals surface area contributed by atoms with Gasteiger partial charge in [-0.05, 0) is 12.3 Å². The van der Waals surface area contributed by atoms with Gasteiger partial charge in [-0.2, -0.15) is 0 Å². The Morgan fingerprint density at radius 1 is 1.52 bits per heavy atom. The van der Waals surface area contributed by atoms with Crippen molar-refractivity contribution in [1.82, 2.24) is 19.8 Å². The van der Waals surface area contributed by atoms with Gasteiger partial charge in [0.15, 0.2) is 5.69 Å². The highest BCUT2D eigenvalue weighted by atomic mass is 16.4. The summed E-state index contributed by atoms with van der Waals surface area (Å²) in [7, 11) is 0. The maximum atomic E-state index is 11.9. The summed E-state index contributed by atoms with van der Waals surface area (Å²) in [5.41, 5.74) is -0.0190. The molecule has 0 radical (unpaired) electrons. The van der Waals surface area contributed by atoms with Crippen LogP contribution in [0.4, 0.5) is 4.79 Å². The molecule has 0 bridgehead atoms. The number of carboxylic acids is 1. The van der Waals surface area contributed by atoms with Gasteiger partial charge in [-0.1, -0.05) is 6.92 Å². The highest BCUT2D eigenvalue weighted by Crippen LogP contribution is 2.16. The first kappa shape index (κ1) is 15.3. The molecule has 1 aliphatic heterocycles. The van der Waals surface area contributed by atoms with Gasteiger partial charge < -0.3 is 25.0 Å². The van der Waals surface area contributed by atoms with E-state index < -0.39 is 12.1 Å². The summed E-state index contributed by atoms with van der Waals surface area (Å²) in [4.78, 5) is 28.0. The van der Waals surface area contributed by atoms with E-state index in [1.54, 1.807) is 9.47 Å². The third-order valence-electron chi connectivity index (χ3n) is 3.70. The fourth-order valence-corrected chi connectivity index (χ4v) is 2.23. The van der Waals surface area contributed by atoms with E-state index in [1.807, 2.05) is 6.92 Å². The minimum Gasteiger partial charge on any atom is -0.476 e. The molecule has 8 nitrogen and oxygen atoms in total. The number of β-amino-alcohol motifs (C(OH)–C–C–N with tert-alkyl or cyclic N) is 1. The zero-order valence-electron chi connectivity index (χ0n) is 11.9. The number of nitrogens with one attached hydrogen (secondary N) is 1. The van der Waals surface area contributed by atoms with E-state index in [-0.39, 0.29) is 17.6 Å². The van der Waals surface area contributed by atoms with Crippen molar-refractivity contribution >= 4 is 12.0 Å². The van der Waals surface area contributed by atoms with Gasteiger partial charge in [0.05, 0.1) is 12.4 Å². The Kier molecular flexibility index (Phi) is 4.79. The van der Waals surface area contributed by atoms with Crippen molar-refractivity contribution in [3.63, 3.8) is 0 Å². The van der Waals surface area contributed by atoms with Crippen LogP contribution in [-0.4, -0.2) is 62.4 Å². The third kappa shape index (κ3) is 3.94. The van der Waals surface area contributed by atoms with Gasteiger partial charge in [-0.15, -0.1) is 0 Å². The molecule has 1 aromatic heterocycles. The van der Waals surface area contributed by atoms with Crippen LogP contribution in [0.25, 0.3) is 0 Å². The lowest BCUT2D eigenvalue weighted by atomic mass is 9.96. The average molecular weight is 296 g/mol. The highest BCUT2D eigenvalue weighted by molar-refractivity contribution is 5.84. The molecule has 2 atom stereocenters. The summed E-state index contributed by atoms with van der Waals surface area (Å²) in [6, 6.07) is -0.209. The summed E-state index contributed by atoms with van der Waals surface area (Å²) < 4.78 is 1.61. The SMILES string of the molecule is CC1CCN(C(=O)NCCn2cnc(C(=O)O)c2)CC1O. The molecule has 2 unspecified atom stereocenters. The van der Waals surface area contributed by atoms with Crippen molar-refractivity contribution in [1.29, 1.82) is 0 Å². The van der Waals surface area contributed by atoms with E-state index in [4.69, 9.17) is 5.11 Å². The minimum atomic E-state index is -1.07. The predicted octanol–water partition coefficient (Wildman–Crippen LogP) is -0.00640. The molecule has 1 saturated heterocycles. The molecule has 0 aliphatic carbocycles. The van der Waals surface area contributed by atoms with Crippen LogP contribution in [0.1, 0.15) is 23.8 Å². The molecule has 0 saturated carbocycles. The predicted molar refractivity (Wildman–Crippen MR) is 73.9 cm³/mol. The quantitative estimate of drug-likeness (QED) is 0.724. The van der Waals surface area contributed by atoms with Crippen molar-refractivity contribution in [2.24, 2.45) is 5.92 Å². The van der Waals surface area contributed by atoms with Crippen LogP contribution in [0, 0.1) is 5.92 Å². The topological polar surface area (TPSA) is 108 Å². The number of hydrogen-bond acceptors (Lipinski definition) is 4. The van der Waals surface area contributed by atoms with E-state index in [0.29, 0.717) is 26.2 Å². The van der Waals surface area contributed by atoms with E-state index in [0.717, 1.165) is 6.42 Å². The van der Waals surface area contributed by atoms with Crippen LogP contribution < -0.4 is 5.32 Å². The monoisotopic (exact) mass is 296 g/mol. The molecule has 0 aromatic carbocycles. The average Bonchev–Trinajstić information content (AvgIpc) is 2.91. The summed E-state index contributed by atoms with van der Waals surface area (Å²) in [6.45, 7) is 3.77. The zero-order chi connectivity index (χ0) is 15.4. The first-order valence-corrected chi connectivity index (χ1v) is 6.93. The van der Waals surface area contributed by atoms with Crippen molar-refractivity contribution < 1.29 is 19.8 Å². The zero-order valence-corrected chi connectivity index (χ0v) is 11.9. The summed E-state index contributed by atoms with van der Waals surface area (Å²) in [6.07, 6.45) is 3.15. The largest absolute Gasteiger partial charge is 0.476 e. The molecular formula is C13H20N4O4. The van der Waals surface area contributed by atoms with Crippen LogP contribution >= 0.6 is 0 Å². The first-order valence-electron chi connectivity index (χ1n) is 6.93. The molecule has 2 rings (SSSR count). The number of aliphatic hydroxyl groups is 1. The normalized spacial score (nSPS) is 22.1. The molecule has 0 spiro atoms. The number of amides is 2. The summed E-state index contributed by atoms with van der Waals surface area (Å²) in [5.74, 6) is -0.858. The number of carbonyl (C=O) groups excluding carboxylic acids is 1. The van der Waals surface area contributed by atoms with Crippen molar-refractivity contribution in [2.75, 3.05) is 19.6 Å². The first-order chi connectivity index (χ1) is 9.97. The molecule has 21 heavy (non-hydrogen) atoms. The Morgan fingerprint density at radius 2 is 2.29 bits per heavy atom. The van der Waals surface area contributed by atoms with Gasteiger partial charge in [0.1, 0.15) is 0 Å². The smallest absolute Gasteiger partial charge is 0.356 e. The van der Waals surface area contributed by atoms with Crippen molar-refractivity contribution in [2.45, 2.75) is 26.0 Å². The Hall–Kier alpha value is -2.09. The summed E-state index contributed by atoms with van der Waals surface area (Å²) in [5, 5.41) is 21.3. The number of aliphatic hydroxyl groups excluding tert-OH is 1. The van der Waals surface area contributed by atoms with Crippen LogP contribution in [0.2, 0.25) is 0 Å². The van der Waals surface area contributed by atoms with Crippen molar-refractivity contribution in [3.8, 4) is 0 Å². The number of carbonyl (C=O) groups is 2. The lowest BCUT2D eigenvalue weighted by Gasteiger charge is -2.34. The van der Waals surface area contributed by atoms with Gasteiger partial charge in [-0.3, -0.25) is 0 Å². The Morgan fingerprint density at radius 3 is 2.90 bits per heavy atom. The number of likely N-dealkylation sites (tertiary alicyclic amines) is 1. The Bertz CT molecular complexity index is 516. The minimum absolute atomic E-state index is 0.0190. The number of carboxylic acid groups (broad SMARTS) is 1. The molecule has 1 fully saturated rings. The van der Waals surface area contributed by atoms with Crippen LogP contribution in [-0.2, 0) is 6.54 Å². The van der Waals surface area contributed by atoms with Crippen LogP contribution in [0.5, 0.6) is 0 Å². The standard InChI is InChI=1S/C13H20N4O4/c1-9-2-4-17(7-11(9)18)13(21)14-3-5-16-6-10(12(19)20)15-8-16/h6,8-9,11,18H,2-5,7H2,1H3,(H,14,21)(H,19,20). The van der Waals surface area contributed by atoms with Gasteiger partial charge in [0.2, 0.25) is 0 Å². The number of aromatic carboxylic acids is 1. The molecule has 116 valence electrons. The van der Waals surface area contributed by atoms with Crippen LogP contribution in [0.3, 0.4) is 0 Å². The lowest BCUT2D eigenvalue weighted by molar-refractivity contribution is 0.0436. The Labute approximate surface area is 122 Å². The number of urea groups is 1.